The third-order valence-electron chi connectivity index (χ3n) is 2.53. The summed E-state index contributed by atoms with van der Waals surface area (Å²) in [6.45, 7) is 0. The molecule has 9 heteroatoms. The lowest BCUT2D eigenvalue weighted by Crippen LogP contribution is -2.15. The molecule has 0 fully saturated rings. The number of nitro groups is 1. The highest BCUT2D eigenvalue weighted by molar-refractivity contribution is 7.92. The zero-order valence-electron chi connectivity index (χ0n) is 10.3. The highest BCUT2D eigenvalue weighted by Gasteiger charge is 2.23. The second-order valence-electron chi connectivity index (χ2n) is 3.95. The number of rotatable bonds is 4. The van der Waals surface area contributed by atoms with Crippen LogP contribution in [0.15, 0.2) is 47.4 Å². The molecule has 2 aromatic rings. The van der Waals surface area contributed by atoms with Gasteiger partial charge in [0.15, 0.2) is 0 Å². The van der Waals surface area contributed by atoms with E-state index in [0.717, 1.165) is 24.3 Å². The number of sulfonamides is 1. The van der Waals surface area contributed by atoms with Gasteiger partial charge in [-0.2, -0.15) is 0 Å². The summed E-state index contributed by atoms with van der Waals surface area (Å²) in [5.74, 6) is -1.89. The molecule has 0 bridgehead atoms. The molecule has 0 aromatic heterocycles. The second kappa shape index (κ2) is 5.44. The molecule has 0 aliphatic carbocycles. The number of anilines is 1. The van der Waals surface area contributed by atoms with E-state index in [9.17, 15) is 27.3 Å². The Morgan fingerprint density at radius 1 is 1.10 bits per heavy atom. The summed E-state index contributed by atoms with van der Waals surface area (Å²) in [7, 11) is -4.41. The standard InChI is InChI=1S/C12H8F2N2O4S/c13-8-5-6-11(16(17)18)10(7-8)15-21(19,20)12-4-2-1-3-9(12)14/h1-7,15H. The highest BCUT2D eigenvalue weighted by Crippen LogP contribution is 2.28. The average Bonchev–Trinajstić information content (AvgIpc) is 2.38. The summed E-state index contributed by atoms with van der Waals surface area (Å²) < 4.78 is 52.5. The van der Waals surface area contributed by atoms with Crippen molar-refractivity contribution in [1.82, 2.24) is 0 Å². The zero-order chi connectivity index (χ0) is 15.6. The van der Waals surface area contributed by atoms with Gasteiger partial charge in [-0.05, 0) is 18.2 Å². The molecule has 0 saturated heterocycles. The number of halogens is 2. The van der Waals surface area contributed by atoms with Crippen molar-refractivity contribution in [3.8, 4) is 0 Å². The van der Waals surface area contributed by atoms with Crippen LogP contribution >= 0.6 is 0 Å². The maximum atomic E-state index is 13.5. The van der Waals surface area contributed by atoms with Crippen molar-refractivity contribution in [2.45, 2.75) is 4.90 Å². The first-order valence-electron chi connectivity index (χ1n) is 5.52. The number of nitrogens with zero attached hydrogens (tertiary/aromatic N) is 1. The molecule has 2 aromatic carbocycles. The van der Waals surface area contributed by atoms with E-state index < -0.39 is 42.9 Å². The fourth-order valence-electron chi connectivity index (χ4n) is 1.61. The fourth-order valence-corrected chi connectivity index (χ4v) is 2.76. The van der Waals surface area contributed by atoms with Gasteiger partial charge in [-0.15, -0.1) is 0 Å². The minimum absolute atomic E-state index is 0.580. The zero-order valence-corrected chi connectivity index (χ0v) is 11.1. The monoisotopic (exact) mass is 314 g/mol. The first kappa shape index (κ1) is 14.9. The van der Waals surface area contributed by atoms with Crippen LogP contribution in [0.3, 0.4) is 0 Å². The molecule has 110 valence electrons. The fraction of sp³-hybridized carbons (Fsp3) is 0. The summed E-state index contributed by atoms with van der Waals surface area (Å²) in [5.41, 5.74) is -1.22. The van der Waals surface area contributed by atoms with E-state index in [1.165, 1.54) is 12.1 Å². The smallest absolute Gasteiger partial charge is 0.273 e. The Bertz CT molecular complexity index is 809. The predicted octanol–water partition coefficient (Wildman–Crippen LogP) is 2.67. The van der Waals surface area contributed by atoms with Crippen molar-refractivity contribution < 1.29 is 22.1 Å². The van der Waals surface area contributed by atoms with Crippen LogP contribution in [0.5, 0.6) is 0 Å². The lowest BCUT2D eigenvalue weighted by atomic mass is 10.3. The van der Waals surface area contributed by atoms with Crippen molar-refractivity contribution >= 4 is 21.4 Å². The van der Waals surface area contributed by atoms with E-state index in [2.05, 4.69) is 0 Å². The van der Waals surface area contributed by atoms with E-state index in [4.69, 9.17) is 0 Å². The molecule has 2 rings (SSSR count). The number of benzene rings is 2. The summed E-state index contributed by atoms with van der Waals surface area (Å²) >= 11 is 0. The molecule has 0 amide bonds. The topological polar surface area (TPSA) is 89.3 Å². The molecule has 0 saturated carbocycles. The Morgan fingerprint density at radius 2 is 1.76 bits per heavy atom. The van der Waals surface area contributed by atoms with Gasteiger partial charge in [0, 0.05) is 12.1 Å². The van der Waals surface area contributed by atoms with Crippen molar-refractivity contribution in [1.29, 1.82) is 0 Å². The molecular weight excluding hydrogens is 306 g/mol. The van der Waals surface area contributed by atoms with E-state index in [-0.39, 0.29) is 0 Å². The SMILES string of the molecule is O=[N+]([O-])c1ccc(F)cc1NS(=O)(=O)c1ccccc1F. The minimum Gasteiger partial charge on any atom is -0.273 e. The molecule has 0 atom stereocenters. The Hall–Kier alpha value is -2.55. The van der Waals surface area contributed by atoms with Gasteiger partial charge in [0.1, 0.15) is 22.2 Å². The average molecular weight is 314 g/mol. The van der Waals surface area contributed by atoms with Gasteiger partial charge < -0.3 is 0 Å². The van der Waals surface area contributed by atoms with Crippen LogP contribution in [-0.2, 0) is 10.0 Å². The highest BCUT2D eigenvalue weighted by atomic mass is 32.2. The second-order valence-corrected chi connectivity index (χ2v) is 5.61. The predicted molar refractivity (Wildman–Crippen MR) is 70.3 cm³/mol. The quantitative estimate of drug-likeness (QED) is 0.694. The molecule has 0 unspecified atom stereocenters. The molecule has 0 aliphatic heterocycles. The van der Waals surface area contributed by atoms with Gasteiger partial charge in [0.25, 0.3) is 15.7 Å². The Morgan fingerprint density at radius 3 is 2.38 bits per heavy atom. The summed E-state index contributed by atoms with van der Waals surface area (Å²) in [5, 5.41) is 10.8. The molecule has 21 heavy (non-hydrogen) atoms. The molecule has 1 N–H and O–H groups in total. The third-order valence-corrected chi connectivity index (χ3v) is 3.92. The van der Waals surface area contributed by atoms with Crippen LogP contribution in [0, 0.1) is 21.7 Å². The minimum atomic E-state index is -4.41. The summed E-state index contributed by atoms with van der Waals surface area (Å²) in [4.78, 5) is 9.23. The first-order chi connectivity index (χ1) is 9.81. The van der Waals surface area contributed by atoms with E-state index in [0.29, 0.717) is 6.07 Å². The maximum Gasteiger partial charge on any atom is 0.293 e. The van der Waals surface area contributed by atoms with Crippen LogP contribution in [0.2, 0.25) is 0 Å². The van der Waals surface area contributed by atoms with Gasteiger partial charge in [-0.3, -0.25) is 14.8 Å². The molecule has 0 spiro atoms. The van der Waals surface area contributed by atoms with Gasteiger partial charge in [-0.1, -0.05) is 12.1 Å². The van der Waals surface area contributed by atoms with Crippen LogP contribution in [0.1, 0.15) is 0 Å². The van der Waals surface area contributed by atoms with Gasteiger partial charge in [0.05, 0.1) is 4.92 Å². The van der Waals surface area contributed by atoms with Gasteiger partial charge in [0.2, 0.25) is 0 Å². The van der Waals surface area contributed by atoms with Crippen LogP contribution in [-0.4, -0.2) is 13.3 Å². The van der Waals surface area contributed by atoms with E-state index >= 15 is 0 Å². The summed E-state index contributed by atoms with van der Waals surface area (Å²) in [6, 6.07) is 6.78. The number of hydrogen-bond acceptors (Lipinski definition) is 4. The van der Waals surface area contributed by atoms with Gasteiger partial charge >= 0.3 is 0 Å². The van der Waals surface area contributed by atoms with Crippen molar-refractivity contribution in [2.75, 3.05) is 4.72 Å². The Labute approximate surface area is 118 Å². The van der Waals surface area contributed by atoms with Crippen LogP contribution in [0.4, 0.5) is 20.2 Å². The first-order valence-corrected chi connectivity index (χ1v) is 7.01. The molecule has 0 aliphatic rings. The van der Waals surface area contributed by atoms with E-state index in [1.54, 1.807) is 0 Å². The number of nitrogens with one attached hydrogen (secondary N) is 1. The number of hydrogen-bond donors (Lipinski definition) is 1. The third kappa shape index (κ3) is 3.14. The van der Waals surface area contributed by atoms with Crippen molar-refractivity contribution in [3.05, 3.63) is 64.2 Å². The lowest BCUT2D eigenvalue weighted by molar-refractivity contribution is -0.383. The molecule has 0 radical (unpaired) electrons. The Balaban J connectivity index is 2.49. The molecular formula is C12H8F2N2O4S. The molecule has 0 heterocycles. The van der Waals surface area contributed by atoms with Crippen molar-refractivity contribution in [3.63, 3.8) is 0 Å². The van der Waals surface area contributed by atoms with Crippen molar-refractivity contribution in [2.24, 2.45) is 0 Å². The van der Waals surface area contributed by atoms with E-state index in [1.807, 2.05) is 4.72 Å². The normalized spacial score (nSPS) is 11.1. The Kier molecular flexibility index (Phi) is 3.85. The van der Waals surface area contributed by atoms with Crippen LogP contribution < -0.4 is 4.72 Å². The summed E-state index contributed by atoms with van der Waals surface area (Å²) in [6.07, 6.45) is 0. The number of nitro benzene ring substituents is 1. The maximum absolute atomic E-state index is 13.5. The van der Waals surface area contributed by atoms with Crippen LogP contribution in [0.25, 0.3) is 0 Å². The largest absolute Gasteiger partial charge is 0.293 e. The lowest BCUT2D eigenvalue weighted by Gasteiger charge is -2.09. The molecule has 6 nitrogen and oxygen atoms in total. The van der Waals surface area contributed by atoms with Gasteiger partial charge in [-0.25, -0.2) is 17.2 Å².